The van der Waals surface area contributed by atoms with Crippen molar-refractivity contribution in [2.45, 2.75) is 6.92 Å². The van der Waals surface area contributed by atoms with Crippen LogP contribution >= 0.6 is 0 Å². The highest BCUT2D eigenvalue weighted by atomic mass is 16.1. The zero-order valence-electron chi connectivity index (χ0n) is 10.7. The number of anilines is 1. The summed E-state index contributed by atoms with van der Waals surface area (Å²) in [6.07, 6.45) is 3.02. The summed E-state index contributed by atoms with van der Waals surface area (Å²) in [6, 6.07) is 9.60. The smallest absolute Gasteiger partial charge is 0.261 e. The van der Waals surface area contributed by atoms with Crippen LogP contribution in [0.4, 0.5) is 5.95 Å². The van der Waals surface area contributed by atoms with Gasteiger partial charge in [-0.2, -0.15) is 15.2 Å². The largest absolute Gasteiger partial charge is 0.291 e. The molecule has 0 radical (unpaired) electrons. The van der Waals surface area contributed by atoms with Gasteiger partial charge < -0.3 is 0 Å². The molecule has 0 saturated carbocycles. The van der Waals surface area contributed by atoms with Crippen LogP contribution in [0.25, 0.3) is 5.69 Å². The van der Waals surface area contributed by atoms with Gasteiger partial charge in [-0.25, -0.2) is 9.78 Å². The normalized spacial score (nSPS) is 10.4. The van der Waals surface area contributed by atoms with Crippen LogP contribution in [0.3, 0.4) is 0 Å². The van der Waals surface area contributed by atoms with E-state index in [4.69, 9.17) is 0 Å². The molecule has 0 aliphatic carbocycles. The predicted octanol–water partition coefficient (Wildman–Crippen LogP) is 1.55. The van der Waals surface area contributed by atoms with Crippen molar-refractivity contribution in [1.82, 2.24) is 25.0 Å². The number of amides is 1. The van der Waals surface area contributed by atoms with Gasteiger partial charge in [0, 0.05) is 6.20 Å². The van der Waals surface area contributed by atoms with Crippen molar-refractivity contribution < 1.29 is 4.79 Å². The lowest BCUT2D eigenvalue weighted by atomic mass is 10.2. The second kappa shape index (κ2) is 4.96. The molecule has 0 bridgehead atoms. The van der Waals surface area contributed by atoms with E-state index in [9.17, 15) is 4.79 Å². The highest BCUT2D eigenvalue weighted by molar-refractivity contribution is 6.03. The van der Waals surface area contributed by atoms with E-state index >= 15 is 0 Å². The topological polar surface area (TPSA) is 88.5 Å². The summed E-state index contributed by atoms with van der Waals surface area (Å²) < 4.78 is 1.67. The summed E-state index contributed by atoms with van der Waals surface area (Å²) in [5, 5.41) is 13.2. The van der Waals surface area contributed by atoms with Crippen LogP contribution in [-0.4, -0.2) is 30.9 Å². The number of para-hydroxylation sites is 1. The van der Waals surface area contributed by atoms with Crippen molar-refractivity contribution in [3.8, 4) is 5.69 Å². The summed E-state index contributed by atoms with van der Waals surface area (Å²) in [7, 11) is 0. The SMILES string of the molecule is Cc1nn(-c2ccccc2)cc1C(=O)Nc1ncn[nH]1. The van der Waals surface area contributed by atoms with E-state index in [2.05, 4.69) is 25.6 Å². The van der Waals surface area contributed by atoms with Crippen molar-refractivity contribution in [2.24, 2.45) is 0 Å². The Morgan fingerprint density at radius 1 is 1.30 bits per heavy atom. The lowest BCUT2D eigenvalue weighted by molar-refractivity contribution is 0.102. The van der Waals surface area contributed by atoms with Gasteiger partial charge in [0.2, 0.25) is 5.95 Å². The Bertz CT molecular complexity index is 717. The third-order valence-electron chi connectivity index (χ3n) is 2.81. The number of H-pyrrole nitrogens is 1. The summed E-state index contributed by atoms with van der Waals surface area (Å²) in [4.78, 5) is 16.0. The highest BCUT2D eigenvalue weighted by Crippen LogP contribution is 2.12. The Morgan fingerprint density at radius 2 is 2.10 bits per heavy atom. The van der Waals surface area contributed by atoms with Gasteiger partial charge in [-0.3, -0.25) is 10.1 Å². The molecular weight excluding hydrogens is 256 g/mol. The van der Waals surface area contributed by atoms with Gasteiger partial charge in [0.05, 0.1) is 16.9 Å². The third kappa shape index (κ3) is 2.28. The van der Waals surface area contributed by atoms with Gasteiger partial charge in [0.15, 0.2) is 0 Å². The fourth-order valence-corrected chi connectivity index (χ4v) is 1.84. The number of aromatic amines is 1. The van der Waals surface area contributed by atoms with Crippen molar-refractivity contribution in [1.29, 1.82) is 0 Å². The number of benzene rings is 1. The molecule has 0 unspecified atom stereocenters. The first-order valence-electron chi connectivity index (χ1n) is 6.02. The molecule has 0 spiro atoms. The Balaban J connectivity index is 1.88. The van der Waals surface area contributed by atoms with Crippen molar-refractivity contribution in [2.75, 3.05) is 5.32 Å². The third-order valence-corrected chi connectivity index (χ3v) is 2.81. The molecule has 1 aromatic carbocycles. The fraction of sp³-hybridized carbons (Fsp3) is 0.0769. The number of aromatic nitrogens is 5. The number of nitrogens with zero attached hydrogens (tertiary/aromatic N) is 4. The van der Waals surface area contributed by atoms with Gasteiger partial charge >= 0.3 is 0 Å². The molecule has 0 fully saturated rings. The van der Waals surface area contributed by atoms with Crippen molar-refractivity contribution in [3.05, 3.63) is 54.1 Å². The minimum absolute atomic E-state index is 0.276. The molecule has 0 atom stereocenters. The fourth-order valence-electron chi connectivity index (χ4n) is 1.84. The first kappa shape index (κ1) is 12.1. The van der Waals surface area contributed by atoms with Crippen LogP contribution < -0.4 is 5.32 Å². The van der Waals surface area contributed by atoms with Crippen LogP contribution in [0.1, 0.15) is 16.1 Å². The number of carbonyl (C=O) groups is 1. The van der Waals surface area contributed by atoms with Crippen molar-refractivity contribution >= 4 is 11.9 Å². The van der Waals surface area contributed by atoms with E-state index in [1.165, 1.54) is 6.33 Å². The molecule has 3 rings (SSSR count). The highest BCUT2D eigenvalue weighted by Gasteiger charge is 2.15. The lowest BCUT2D eigenvalue weighted by Crippen LogP contribution is -2.13. The zero-order valence-corrected chi connectivity index (χ0v) is 10.7. The second-order valence-corrected chi connectivity index (χ2v) is 4.20. The monoisotopic (exact) mass is 268 g/mol. The number of rotatable bonds is 3. The van der Waals surface area contributed by atoms with Gasteiger partial charge in [0.1, 0.15) is 6.33 Å². The van der Waals surface area contributed by atoms with E-state index in [1.807, 2.05) is 30.3 Å². The second-order valence-electron chi connectivity index (χ2n) is 4.20. The Morgan fingerprint density at radius 3 is 2.80 bits per heavy atom. The Labute approximate surface area is 114 Å². The van der Waals surface area contributed by atoms with Crippen LogP contribution in [-0.2, 0) is 0 Å². The molecule has 2 N–H and O–H groups in total. The molecule has 7 heteroatoms. The average Bonchev–Trinajstić information content (AvgIpc) is 3.09. The van der Waals surface area contributed by atoms with Crippen LogP contribution in [0.15, 0.2) is 42.9 Å². The molecule has 1 amide bonds. The molecule has 100 valence electrons. The maximum atomic E-state index is 12.1. The van der Waals surface area contributed by atoms with Crippen LogP contribution in [0.2, 0.25) is 0 Å². The molecule has 0 saturated heterocycles. The van der Waals surface area contributed by atoms with Gasteiger partial charge in [-0.1, -0.05) is 18.2 Å². The van der Waals surface area contributed by atoms with Gasteiger partial charge in [0.25, 0.3) is 5.91 Å². The summed E-state index contributed by atoms with van der Waals surface area (Å²) in [5.74, 6) is 0.0308. The van der Waals surface area contributed by atoms with E-state index in [1.54, 1.807) is 17.8 Å². The van der Waals surface area contributed by atoms with Crippen molar-refractivity contribution in [3.63, 3.8) is 0 Å². The van der Waals surface area contributed by atoms with E-state index < -0.39 is 0 Å². The number of hydrogen-bond donors (Lipinski definition) is 2. The van der Waals surface area contributed by atoms with E-state index in [-0.39, 0.29) is 5.91 Å². The maximum absolute atomic E-state index is 12.1. The molecule has 7 nitrogen and oxygen atoms in total. The number of hydrogen-bond acceptors (Lipinski definition) is 4. The standard InChI is InChI=1S/C13H12N6O/c1-9-11(12(20)16-13-14-8-15-17-13)7-19(18-9)10-5-3-2-4-6-10/h2-8H,1H3,(H2,14,15,16,17,20). The van der Waals surface area contributed by atoms with Gasteiger partial charge in [-0.05, 0) is 19.1 Å². The summed E-state index contributed by atoms with van der Waals surface area (Å²) in [6.45, 7) is 1.79. The molecule has 20 heavy (non-hydrogen) atoms. The first-order valence-corrected chi connectivity index (χ1v) is 6.02. The summed E-state index contributed by atoms with van der Waals surface area (Å²) >= 11 is 0. The Hall–Kier alpha value is -2.96. The quantitative estimate of drug-likeness (QED) is 0.754. The lowest BCUT2D eigenvalue weighted by Gasteiger charge is -1.99. The number of aryl methyl sites for hydroxylation is 1. The Kier molecular flexibility index (Phi) is 3.00. The molecule has 2 heterocycles. The molecule has 0 aliphatic rings. The van der Waals surface area contributed by atoms with E-state index in [0.717, 1.165) is 5.69 Å². The maximum Gasteiger partial charge on any atom is 0.261 e. The molecular formula is C13H12N6O. The molecule has 2 aromatic heterocycles. The molecule has 3 aromatic rings. The van der Waals surface area contributed by atoms with Crippen LogP contribution in [0.5, 0.6) is 0 Å². The summed E-state index contributed by atoms with van der Waals surface area (Å²) in [5.41, 5.74) is 2.03. The number of carbonyl (C=O) groups excluding carboxylic acids is 1. The first-order chi connectivity index (χ1) is 9.74. The average molecular weight is 268 g/mol. The minimum atomic E-state index is -0.276. The predicted molar refractivity (Wildman–Crippen MR) is 72.6 cm³/mol. The molecule has 0 aliphatic heterocycles. The zero-order chi connectivity index (χ0) is 13.9. The van der Waals surface area contributed by atoms with E-state index in [0.29, 0.717) is 17.2 Å². The minimum Gasteiger partial charge on any atom is -0.291 e. The number of nitrogens with one attached hydrogen (secondary N) is 2. The van der Waals surface area contributed by atoms with Crippen LogP contribution in [0, 0.1) is 6.92 Å². The van der Waals surface area contributed by atoms with Gasteiger partial charge in [-0.15, -0.1) is 0 Å².